The molecule has 25 heteroatoms. The molecular weight excluding hydrogens is 629 g/mol. The van der Waals surface area contributed by atoms with Crippen LogP contribution < -0.4 is 10.2 Å². The molecule has 12 aliphatic heterocycles. The Balaban J connectivity index is 1.08. The fraction of sp³-hybridized carbons (Fsp3) is 0.688. The van der Waals surface area contributed by atoms with Gasteiger partial charge in [0, 0.05) is 24.2 Å². The average molecular weight is 644 g/mol. The van der Waals surface area contributed by atoms with E-state index in [0.717, 1.165) is 4.90 Å². The Morgan fingerprint density at radius 2 is 1.46 bits per heavy atom. The van der Waals surface area contributed by atoms with E-state index in [-0.39, 0.29) is 11.5 Å². The second kappa shape index (κ2) is 6.72. The van der Waals surface area contributed by atoms with Crippen LogP contribution in [0.1, 0.15) is 0 Å². The third kappa shape index (κ3) is 2.41. The molecule has 0 radical (unpaired) electrons. The molecule has 22 nitrogen and oxygen atoms in total. The number of anilines is 1. The van der Waals surface area contributed by atoms with Crippen LogP contribution in [0.4, 0.5) is 5.95 Å². The van der Waals surface area contributed by atoms with Gasteiger partial charge in [0.2, 0.25) is 5.95 Å². The molecule has 4 spiro atoms. The predicted octanol–water partition coefficient (Wildman–Crippen LogP) is -2.19. The van der Waals surface area contributed by atoms with Crippen molar-refractivity contribution >= 4 is 29.4 Å². The average Bonchev–Trinajstić information content (AvgIpc) is 3.63. The highest BCUT2D eigenvalue weighted by Gasteiger charge is 3.14. The van der Waals surface area contributed by atoms with E-state index in [1.165, 1.54) is 18.6 Å². The van der Waals surface area contributed by atoms with E-state index < -0.39 is 89.6 Å². The Bertz CT molecular complexity index is 1590. The first-order valence-electron chi connectivity index (χ1n) is 11.8. The highest BCUT2D eigenvalue weighted by Crippen LogP contribution is 2.99. The summed E-state index contributed by atoms with van der Waals surface area (Å²) < 4.78 is 99.2. The first-order chi connectivity index (χ1) is 19.3. The van der Waals surface area contributed by atoms with Gasteiger partial charge in [0.15, 0.2) is 6.35 Å². The summed E-state index contributed by atoms with van der Waals surface area (Å²) in [5.74, 6) is -13.4. The van der Waals surface area contributed by atoms with Crippen LogP contribution in [0.25, 0.3) is 0 Å². The second-order valence-electron chi connectivity index (χ2n) is 10.2. The summed E-state index contributed by atoms with van der Waals surface area (Å²) in [6, 6.07) is 0. The van der Waals surface area contributed by atoms with Gasteiger partial charge in [-0.2, -0.15) is 0 Å². The Hall–Kier alpha value is -1.20. The Kier molecular flexibility index (Phi) is 4.13. The quantitative estimate of drug-likeness (QED) is 0.191. The van der Waals surface area contributed by atoms with Crippen LogP contribution in [0.3, 0.4) is 0 Å². The molecule has 1 aromatic heterocycles. The summed E-state index contributed by atoms with van der Waals surface area (Å²) in [6.07, 6.45) is -6.40. The van der Waals surface area contributed by atoms with Crippen molar-refractivity contribution in [2.45, 2.75) is 66.1 Å². The third-order valence-corrected chi connectivity index (χ3v) is 12.4. The number of aliphatic hydroxyl groups excluding tert-OH is 4. The molecule has 4 unspecified atom stereocenters. The van der Waals surface area contributed by atoms with E-state index in [4.69, 9.17) is 50.2 Å². The number of nitrogens with one attached hydrogen (secondary N) is 2. The van der Waals surface area contributed by atoms with Crippen LogP contribution in [0.5, 0.6) is 0 Å². The molecule has 13 rings (SSSR count). The smallest absolute Gasteiger partial charge is 0.387 e. The number of phosphoric acid groups is 3. The Labute approximate surface area is 224 Å². The normalized spacial score (nSPS) is 64.1. The number of aromatic nitrogens is 2. The van der Waals surface area contributed by atoms with Crippen molar-refractivity contribution in [2.75, 3.05) is 4.90 Å². The number of rotatable bonds is 3. The minimum atomic E-state index is -4.74. The van der Waals surface area contributed by atoms with Crippen LogP contribution in [-0.4, -0.2) is 96.5 Å². The highest BCUT2D eigenvalue weighted by molar-refractivity contribution is 7.52. The lowest BCUT2D eigenvalue weighted by molar-refractivity contribution is -0.445. The number of nitrogens with zero attached hydrogens (tertiary/aromatic N) is 2. The molecule has 11 saturated heterocycles. The summed E-state index contributed by atoms with van der Waals surface area (Å²) in [4.78, 5) is 7.93. The van der Waals surface area contributed by atoms with Gasteiger partial charge in [-0.3, -0.25) is 9.64 Å². The lowest BCUT2D eigenvalue weighted by atomic mass is 9.86. The maximum atomic E-state index is 13.4. The zero-order valence-electron chi connectivity index (χ0n) is 19.4. The van der Waals surface area contributed by atoms with Crippen molar-refractivity contribution in [1.82, 2.24) is 15.3 Å². The molecule has 8 atom stereocenters. The zero-order chi connectivity index (χ0) is 28.2. The van der Waals surface area contributed by atoms with E-state index in [2.05, 4.69) is 15.3 Å². The summed E-state index contributed by atoms with van der Waals surface area (Å²) in [5, 5.41) is 45.8. The van der Waals surface area contributed by atoms with Gasteiger partial charge in [0.1, 0.15) is 30.6 Å². The molecule has 0 aromatic carbocycles. The van der Waals surface area contributed by atoms with Crippen molar-refractivity contribution in [3.8, 4) is 0 Å². The molecular formula is C16H15N4O18P3. The number of aliphatic hydroxyl groups is 4. The van der Waals surface area contributed by atoms with E-state index in [1.807, 2.05) is 0 Å². The van der Waals surface area contributed by atoms with Gasteiger partial charge in [-0.1, -0.05) is 0 Å². The minimum Gasteiger partial charge on any atom is -0.387 e. The largest absolute Gasteiger partial charge is 0.485 e. The van der Waals surface area contributed by atoms with Gasteiger partial charge in [0.25, 0.3) is 5.79 Å². The molecule has 0 amide bonds. The number of hydrogen-bond donors (Lipinski definition) is 6. The molecule has 6 N–H and O–H groups in total. The minimum absolute atomic E-state index is 0.122. The SMILES string of the molecule is O=P12OC34OC5(OP6(=O)OC5(O6)C35OP(=O)(O4)O5)C([C@@H]3O[C@@H](C4=CN(c5ncc[nH]5)C(O)NC4O)[C@H](O)[C@@H]3O)(O1)O2. The van der Waals surface area contributed by atoms with Crippen molar-refractivity contribution in [2.24, 2.45) is 0 Å². The standard InChI is InChI=1S/C16H15N4O18P3/c21-5-6(22)8(28-7(5)4-3-20(10-17-1-2-18-10)11(24)19-9(4)23)12-13-14(33-40(26,32-13)34-14)15-16(29-13,37-39(25,30-12)31-12)38-41(27,35-15)36-15/h1-3,5-9,11,19,21-24H,(H,17,18)/t5-,6+,7+,8-,9?,11?,12?,13?,14?,15?,16?,39?,40?,41?/m1/s1. The van der Waals surface area contributed by atoms with Crippen molar-refractivity contribution in [3.05, 3.63) is 24.2 Å². The fourth-order valence-corrected chi connectivity index (χ4v) is 11.7. The van der Waals surface area contributed by atoms with Crippen LogP contribution in [0.2, 0.25) is 0 Å². The number of hydrogen-bond acceptors (Lipinski definition) is 21. The summed E-state index contributed by atoms with van der Waals surface area (Å²) in [7, 11) is -13.5. The molecule has 13 heterocycles. The molecule has 11 fully saturated rings. The van der Waals surface area contributed by atoms with Crippen LogP contribution in [0, 0.1) is 0 Å². The van der Waals surface area contributed by atoms with E-state index in [1.54, 1.807) is 0 Å². The first kappa shape index (κ1) is 25.2. The lowest BCUT2D eigenvalue weighted by Crippen LogP contribution is -2.80. The molecule has 0 aliphatic carbocycles. The van der Waals surface area contributed by atoms with E-state index in [9.17, 15) is 34.1 Å². The lowest BCUT2D eigenvalue weighted by Gasteiger charge is -2.56. The third-order valence-electron chi connectivity index (χ3n) is 8.04. The van der Waals surface area contributed by atoms with E-state index >= 15 is 0 Å². The number of H-pyrrole nitrogens is 1. The van der Waals surface area contributed by atoms with Crippen LogP contribution in [0.15, 0.2) is 24.2 Å². The van der Waals surface area contributed by atoms with Gasteiger partial charge in [-0.15, -0.1) is 0 Å². The molecule has 41 heavy (non-hydrogen) atoms. The van der Waals surface area contributed by atoms with Gasteiger partial charge >= 0.3 is 46.8 Å². The number of imidazole rings is 1. The topological polar surface area (TPSA) is 278 Å². The predicted molar refractivity (Wildman–Crippen MR) is 112 cm³/mol. The van der Waals surface area contributed by atoms with Gasteiger partial charge < -0.3 is 30.1 Å². The zero-order valence-corrected chi connectivity index (χ0v) is 22.1. The van der Waals surface area contributed by atoms with Crippen molar-refractivity contribution < 1.29 is 84.3 Å². The molecule has 1 aromatic rings. The monoisotopic (exact) mass is 644 g/mol. The molecule has 12 aliphatic rings. The van der Waals surface area contributed by atoms with E-state index in [0.29, 0.717) is 0 Å². The summed E-state index contributed by atoms with van der Waals surface area (Å²) in [6.45, 7) is 0. The van der Waals surface area contributed by atoms with Gasteiger partial charge in [0.05, 0.1) is 0 Å². The number of phosphoric ester groups is 3. The van der Waals surface area contributed by atoms with Gasteiger partial charge in [-0.25, -0.2) is 64.7 Å². The van der Waals surface area contributed by atoms with Crippen LogP contribution in [-0.2, 0) is 63.9 Å². The maximum Gasteiger partial charge on any atom is 0.485 e. The van der Waals surface area contributed by atoms with Crippen LogP contribution >= 0.6 is 23.5 Å². The Morgan fingerprint density at radius 3 is 2.15 bits per heavy atom. The highest BCUT2D eigenvalue weighted by atomic mass is 31.2. The summed E-state index contributed by atoms with van der Waals surface area (Å²) in [5.41, 5.74) is -0.122. The molecule has 222 valence electrons. The first-order valence-corrected chi connectivity index (χ1v) is 16.1. The van der Waals surface area contributed by atoms with Gasteiger partial charge in [-0.05, 0) is 0 Å². The maximum absolute atomic E-state index is 13.4. The number of aromatic amines is 1. The van der Waals surface area contributed by atoms with Crippen molar-refractivity contribution in [1.29, 1.82) is 0 Å². The summed E-state index contributed by atoms with van der Waals surface area (Å²) >= 11 is 0. The Morgan fingerprint density at radius 1 is 0.829 bits per heavy atom. The fourth-order valence-electron chi connectivity index (χ4n) is 6.48. The second-order valence-corrected chi connectivity index (χ2v) is 14.5. The van der Waals surface area contributed by atoms with Crippen molar-refractivity contribution in [3.63, 3.8) is 0 Å². The molecule has 0 saturated carbocycles. The molecule has 8 bridgehead atoms. The number of ether oxygens (including phenoxy) is 2.